The molecule has 98 valence electrons. The highest BCUT2D eigenvalue weighted by molar-refractivity contribution is 5.77. The van der Waals surface area contributed by atoms with Crippen LogP contribution >= 0.6 is 0 Å². The molecule has 0 saturated heterocycles. The number of nitrogens with zero attached hydrogens (tertiary/aromatic N) is 1. The Balaban J connectivity index is 1.91. The summed E-state index contributed by atoms with van der Waals surface area (Å²) < 4.78 is 0. The number of nitrogens with two attached hydrogens (primary N) is 1. The van der Waals surface area contributed by atoms with Crippen LogP contribution in [0.1, 0.15) is 44.9 Å². The SMILES string of the molecule is NCC1(CC(=O)N(CCO)C2CCC2)CCC1. The zero-order valence-electron chi connectivity index (χ0n) is 10.5. The van der Waals surface area contributed by atoms with Crippen molar-refractivity contribution in [3.05, 3.63) is 0 Å². The van der Waals surface area contributed by atoms with Crippen molar-refractivity contribution in [3.63, 3.8) is 0 Å². The van der Waals surface area contributed by atoms with Crippen molar-refractivity contribution in [3.8, 4) is 0 Å². The van der Waals surface area contributed by atoms with Crippen LogP contribution in [0, 0.1) is 5.41 Å². The molecule has 0 aliphatic heterocycles. The van der Waals surface area contributed by atoms with E-state index >= 15 is 0 Å². The lowest BCUT2D eigenvalue weighted by atomic mass is 9.66. The number of hydrogen-bond acceptors (Lipinski definition) is 3. The maximum absolute atomic E-state index is 12.3. The molecule has 0 aromatic heterocycles. The fraction of sp³-hybridized carbons (Fsp3) is 0.923. The third-order valence-electron chi connectivity index (χ3n) is 4.55. The third kappa shape index (κ3) is 2.63. The molecule has 3 N–H and O–H groups in total. The van der Waals surface area contributed by atoms with Gasteiger partial charge in [-0.2, -0.15) is 0 Å². The lowest BCUT2D eigenvalue weighted by Gasteiger charge is -2.44. The van der Waals surface area contributed by atoms with Gasteiger partial charge in [-0.25, -0.2) is 0 Å². The van der Waals surface area contributed by atoms with Crippen LogP contribution in [0.2, 0.25) is 0 Å². The lowest BCUT2D eigenvalue weighted by molar-refractivity contribution is -0.139. The molecule has 2 fully saturated rings. The van der Waals surface area contributed by atoms with E-state index in [1.54, 1.807) is 0 Å². The Kier molecular flexibility index (Phi) is 4.05. The van der Waals surface area contributed by atoms with Gasteiger partial charge in [0.25, 0.3) is 0 Å². The quantitative estimate of drug-likeness (QED) is 0.724. The molecule has 17 heavy (non-hydrogen) atoms. The minimum atomic E-state index is 0.0673. The van der Waals surface area contributed by atoms with E-state index < -0.39 is 0 Å². The topological polar surface area (TPSA) is 66.6 Å². The van der Waals surface area contributed by atoms with Gasteiger partial charge in [0.05, 0.1) is 6.61 Å². The first-order valence-corrected chi connectivity index (χ1v) is 6.81. The number of aliphatic hydroxyl groups excluding tert-OH is 1. The lowest BCUT2D eigenvalue weighted by Crippen LogP contribution is -2.49. The summed E-state index contributed by atoms with van der Waals surface area (Å²) in [7, 11) is 0. The van der Waals surface area contributed by atoms with Crippen LogP contribution in [0.3, 0.4) is 0 Å². The van der Waals surface area contributed by atoms with Gasteiger partial charge in [-0.05, 0) is 44.1 Å². The van der Waals surface area contributed by atoms with Crippen LogP contribution in [0.15, 0.2) is 0 Å². The van der Waals surface area contributed by atoms with E-state index in [2.05, 4.69) is 0 Å². The minimum absolute atomic E-state index is 0.0673. The van der Waals surface area contributed by atoms with Crippen LogP contribution in [0.25, 0.3) is 0 Å². The fourth-order valence-electron chi connectivity index (χ4n) is 2.87. The second-order valence-electron chi connectivity index (χ2n) is 5.63. The molecule has 0 atom stereocenters. The van der Waals surface area contributed by atoms with Gasteiger partial charge >= 0.3 is 0 Å². The number of carbonyl (C=O) groups excluding carboxylic acids is 1. The highest BCUT2D eigenvalue weighted by Crippen LogP contribution is 2.43. The van der Waals surface area contributed by atoms with Gasteiger partial charge in [-0.3, -0.25) is 4.79 Å². The number of rotatable bonds is 6. The molecule has 4 nitrogen and oxygen atoms in total. The summed E-state index contributed by atoms with van der Waals surface area (Å²) in [6.45, 7) is 1.18. The Bertz CT molecular complexity index is 267. The van der Waals surface area contributed by atoms with Gasteiger partial charge in [0, 0.05) is 19.0 Å². The predicted molar refractivity (Wildman–Crippen MR) is 66.4 cm³/mol. The monoisotopic (exact) mass is 240 g/mol. The summed E-state index contributed by atoms with van der Waals surface area (Å²) in [6, 6.07) is 0.379. The average molecular weight is 240 g/mol. The van der Waals surface area contributed by atoms with Gasteiger partial charge in [-0.1, -0.05) is 6.42 Å². The average Bonchev–Trinajstić information content (AvgIpc) is 2.20. The van der Waals surface area contributed by atoms with Gasteiger partial charge < -0.3 is 15.7 Å². The van der Waals surface area contributed by atoms with E-state index in [1.165, 1.54) is 12.8 Å². The molecule has 0 unspecified atom stereocenters. The minimum Gasteiger partial charge on any atom is -0.395 e. The van der Waals surface area contributed by atoms with Crippen molar-refractivity contribution in [1.29, 1.82) is 0 Å². The molecular formula is C13H24N2O2. The smallest absolute Gasteiger partial charge is 0.223 e. The molecule has 0 radical (unpaired) electrons. The Morgan fingerprint density at radius 1 is 1.35 bits per heavy atom. The first kappa shape index (κ1) is 12.8. The van der Waals surface area contributed by atoms with Gasteiger partial charge in [0.15, 0.2) is 0 Å². The zero-order valence-corrected chi connectivity index (χ0v) is 10.5. The van der Waals surface area contributed by atoms with Crippen LogP contribution in [0.4, 0.5) is 0 Å². The van der Waals surface area contributed by atoms with Gasteiger partial charge in [0.2, 0.25) is 5.91 Å². The molecule has 0 bridgehead atoms. The molecule has 4 heteroatoms. The summed E-state index contributed by atoms with van der Waals surface area (Å²) in [5.41, 5.74) is 5.87. The van der Waals surface area contributed by atoms with Crippen molar-refractivity contribution in [1.82, 2.24) is 4.90 Å². The van der Waals surface area contributed by atoms with Crippen LogP contribution in [-0.4, -0.2) is 41.7 Å². The number of hydrogen-bond donors (Lipinski definition) is 2. The van der Waals surface area contributed by atoms with Gasteiger partial charge in [0.1, 0.15) is 0 Å². The maximum atomic E-state index is 12.3. The van der Waals surface area contributed by atoms with Crippen molar-refractivity contribution in [2.45, 2.75) is 51.0 Å². The van der Waals surface area contributed by atoms with E-state index in [1.807, 2.05) is 4.90 Å². The molecular weight excluding hydrogens is 216 g/mol. The zero-order chi connectivity index (χ0) is 12.3. The fourth-order valence-corrected chi connectivity index (χ4v) is 2.87. The molecule has 0 spiro atoms. The van der Waals surface area contributed by atoms with E-state index in [4.69, 9.17) is 10.8 Å². The second-order valence-corrected chi connectivity index (χ2v) is 5.63. The Hall–Kier alpha value is -0.610. The molecule has 0 aromatic carbocycles. The molecule has 0 aromatic rings. The van der Waals surface area contributed by atoms with Gasteiger partial charge in [-0.15, -0.1) is 0 Å². The highest BCUT2D eigenvalue weighted by atomic mass is 16.3. The highest BCUT2D eigenvalue weighted by Gasteiger charge is 2.40. The summed E-state index contributed by atoms with van der Waals surface area (Å²) in [5, 5.41) is 9.06. The first-order chi connectivity index (χ1) is 8.21. The molecule has 2 aliphatic carbocycles. The maximum Gasteiger partial charge on any atom is 0.223 e. The normalized spacial score (nSPS) is 22.7. The van der Waals surface area contributed by atoms with Crippen molar-refractivity contribution >= 4 is 5.91 Å². The van der Waals surface area contributed by atoms with Crippen LogP contribution < -0.4 is 5.73 Å². The standard InChI is InChI=1S/C13H24N2O2/c14-10-13(5-2-6-13)9-12(17)15(7-8-16)11-3-1-4-11/h11,16H,1-10,14H2. The largest absolute Gasteiger partial charge is 0.395 e. The Morgan fingerprint density at radius 3 is 2.41 bits per heavy atom. The molecule has 2 saturated carbocycles. The molecule has 2 aliphatic rings. The molecule has 2 rings (SSSR count). The van der Waals surface area contributed by atoms with E-state index in [9.17, 15) is 4.79 Å². The Morgan fingerprint density at radius 2 is 2.06 bits per heavy atom. The van der Waals surface area contributed by atoms with Crippen LogP contribution in [0.5, 0.6) is 0 Å². The number of amides is 1. The summed E-state index contributed by atoms with van der Waals surface area (Å²) in [4.78, 5) is 14.2. The van der Waals surface area contributed by atoms with E-state index in [0.29, 0.717) is 25.6 Å². The van der Waals surface area contributed by atoms with E-state index in [0.717, 1.165) is 25.7 Å². The predicted octanol–water partition coefficient (Wildman–Crippen LogP) is 0.879. The second kappa shape index (κ2) is 5.36. The third-order valence-corrected chi connectivity index (χ3v) is 4.55. The van der Waals surface area contributed by atoms with E-state index in [-0.39, 0.29) is 17.9 Å². The first-order valence-electron chi connectivity index (χ1n) is 6.81. The summed E-state index contributed by atoms with van der Waals surface area (Å²) in [6.07, 6.45) is 7.37. The van der Waals surface area contributed by atoms with Crippen molar-refractivity contribution in [2.75, 3.05) is 19.7 Å². The van der Waals surface area contributed by atoms with Crippen LogP contribution in [-0.2, 0) is 4.79 Å². The molecule has 1 amide bonds. The number of aliphatic hydroxyl groups is 1. The molecule has 0 heterocycles. The van der Waals surface area contributed by atoms with Crippen molar-refractivity contribution < 1.29 is 9.90 Å². The van der Waals surface area contributed by atoms with Crippen molar-refractivity contribution in [2.24, 2.45) is 11.1 Å². The summed E-state index contributed by atoms with van der Waals surface area (Å²) in [5.74, 6) is 0.203. The number of carbonyl (C=O) groups is 1. The summed E-state index contributed by atoms with van der Waals surface area (Å²) >= 11 is 0. The Labute approximate surface area is 103 Å².